The SMILES string of the molecule is O=C(c1cc(Cl)ccc1F)N1C2CCC1CC(O)C2. The fraction of sp³-hybridized carbons (Fsp3) is 0.500. The third-order valence-corrected chi connectivity index (χ3v) is 4.34. The van der Waals surface area contributed by atoms with Crippen molar-refractivity contribution in [1.29, 1.82) is 0 Å². The molecule has 2 unspecified atom stereocenters. The van der Waals surface area contributed by atoms with Crippen molar-refractivity contribution in [1.82, 2.24) is 4.90 Å². The first-order valence-electron chi connectivity index (χ1n) is 6.52. The van der Waals surface area contributed by atoms with Crippen LogP contribution in [0.2, 0.25) is 5.02 Å². The molecular weight excluding hydrogens is 269 g/mol. The summed E-state index contributed by atoms with van der Waals surface area (Å²) in [5.41, 5.74) is 0.0285. The number of hydrogen-bond donors (Lipinski definition) is 1. The number of carbonyl (C=O) groups is 1. The zero-order valence-corrected chi connectivity index (χ0v) is 11.1. The molecule has 2 fully saturated rings. The molecule has 1 amide bonds. The number of halogens is 2. The van der Waals surface area contributed by atoms with Crippen LogP contribution in [0.15, 0.2) is 18.2 Å². The molecule has 102 valence electrons. The second kappa shape index (κ2) is 4.76. The van der Waals surface area contributed by atoms with Gasteiger partial charge < -0.3 is 10.0 Å². The summed E-state index contributed by atoms with van der Waals surface area (Å²) in [6, 6.07) is 4.08. The summed E-state index contributed by atoms with van der Waals surface area (Å²) in [6.45, 7) is 0. The van der Waals surface area contributed by atoms with Gasteiger partial charge in [0, 0.05) is 17.1 Å². The van der Waals surface area contributed by atoms with E-state index in [1.807, 2.05) is 0 Å². The Bertz CT molecular complexity index is 508. The first-order valence-corrected chi connectivity index (χ1v) is 6.90. The molecule has 2 bridgehead atoms. The lowest BCUT2D eigenvalue weighted by molar-refractivity contribution is 0.0284. The van der Waals surface area contributed by atoms with Crippen molar-refractivity contribution < 1.29 is 14.3 Å². The minimum atomic E-state index is -0.542. The van der Waals surface area contributed by atoms with Crippen LogP contribution in [-0.4, -0.2) is 34.1 Å². The van der Waals surface area contributed by atoms with Crippen molar-refractivity contribution in [2.75, 3.05) is 0 Å². The van der Waals surface area contributed by atoms with Crippen LogP contribution in [0.4, 0.5) is 4.39 Å². The molecule has 19 heavy (non-hydrogen) atoms. The van der Waals surface area contributed by atoms with Gasteiger partial charge in [0.05, 0.1) is 11.7 Å². The standard InChI is InChI=1S/C14H15ClFNO2/c15-8-1-4-13(16)12(5-8)14(19)17-9-2-3-10(17)7-11(18)6-9/h1,4-5,9-11,18H,2-3,6-7H2. The molecule has 3 nitrogen and oxygen atoms in total. The van der Waals surface area contributed by atoms with Gasteiger partial charge >= 0.3 is 0 Å². The molecule has 2 aliphatic heterocycles. The highest BCUT2D eigenvalue weighted by Gasteiger charge is 2.43. The zero-order valence-electron chi connectivity index (χ0n) is 10.4. The molecule has 1 N–H and O–H groups in total. The monoisotopic (exact) mass is 283 g/mol. The molecule has 3 rings (SSSR count). The van der Waals surface area contributed by atoms with Crippen LogP contribution in [-0.2, 0) is 0 Å². The smallest absolute Gasteiger partial charge is 0.257 e. The highest BCUT2D eigenvalue weighted by atomic mass is 35.5. The molecule has 0 radical (unpaired) electrons. The van der Waals surface area contributed by atoms with Gasteiger partial charge in [-0.3, -0.25) is 4.79 Å². The molecule has 2 heterocycles. The summed E-state index contributed by atoms with van der Waals surface area (Å²) in [5, 5.41) is 10.1. The van der Waals surface area contributed by atoms with Crippen molar-refractivity contribution in [3.8, 4) is 0 Å². The van der Waals surface area contributed by atoms with Crippen molar-refractivity contribution in [3.63, 3.8) is 0 Å². The number of rotatable bonds is 1. The Balaban J connectivity index is 1.90. The number of hydrogen-bond acceptors (Lipinski definition) is 2. The van der Waals surface area contributed by atoms with E-state index >= 15 is 0 Å². The molecule has 0 aromatic heterocycles. The quantitative estimate of drug-likeness (QED) is 0.861. The number of aliphatic hydroxyl groups is 1. The minimum Gasteiger partial charge on any atom is -0.393 e. The first kappa shape index (κ1) is 12.9. The third kappa shape index (κ3) is 2.23. The molecule has 0 aliphatic carbocycles. The van der Waals surface area contributed by atoms with Crippen LogP contribution in [0.1, 0.15) is 36.0 Å². The highest BCUT2D eigenvalue weighted by molar-refractivity contribution is 6.31. The molecule has 0 spiro atoms. The summed E-state index contributed by atoms with van der Waals surface area (Å²) in [5.74, 6) is -0.848. The summed E-state index contributed by atoms with van der Waals surface area (Å²) in [6.07, 6.45) is 2.60. The van der Waals surface area contributed by atoms with Crippen molar-refractivity contribution in [2.24, 2.45) is 0 Å². The number of benzene rings is 1. The summed E-state index contributed by atoms with van der Waals surface area (Å²) in [7, 11) is 0. The summed E-state index contributed by atoms with van der Waals surface area (Å²) < 4.78 is 13.8. The second-order valence-corrected chi connectivity index (χ2v) is 5.78. The average Bonchev–Trinajstić information content (AvgIpc) is 2.64. The number of fused-ring (bicyclic) bond motifs is 2. The van der Waals surface area contributed by atoms with Crippen LogP contribution in [0.25, 0.3) is 0 Å². The van der Waals surface area contributed by atoms with E-state index in [9.17, 15) is 14.3 Å². The van der Waals surface area contributed by atoms with E-state index in [1.54, 1.807) is 4.90 Å². The Labute approximate surface area is 116 Å². The first-order chi connectivity index (χ1) is 9.06. The van der Waals surface area contributed by atoms with E-state index in [1.165, 1.54) is 18.2 Å². The molecule has 2 saturated heterocycles. The van der Waals surface area contributed by atoms with E-state index in [0.29, 0.717) is 17.9 Å². The van der Waals surface area contributed by atoms with Crippen molar-refractivity contribution >= 4 is 17.5 Å². The maximum atomic E-state index is 13.8. The van der Waals surface area contributed by atoms with Gasteiger partial charge in [-0.05, 0) is 43.9 Å². The number of carbonyl (C=O) groups excluding carboxylic acids is 1. The Morgan fingerprint density at radius 1 is 1.32 bits per heavy atom. The molecule has 1 aromatic carbocycles. The number of nitrogens with zero attached hydrogens (tertiary/aromatic N) is 1. The van der Waals surface area contributed by atoms with E-state index in [2.05, 4.69) is 0 Å². The Morgan fingerprint density at radius 2 is 1.95 bits per heavy atom. The van der Waals surface area contributed by atoms with Gasteiger partial charge in [-0.25, -0.2) is 4.39 Å². The summed E-state index contributed by atoms with van der Waals surface area (Å²) in [4.78, 5) is 14.2. The summed E-state index contributed by atoms with van der Waals surface area (Å²) >= 11 is 5.83. The maximum absolute atomic E-state index is 13.8. The number of amides is 1. The lowest BCUT2D eigenvalue weighted by Gasteiger charge is -2.37. The predicted molar refractivity (Wildman–Crippen MR) is 69.6 cm³/mol. The number of piperidine rings is 1. The molecule has 0 saturated carbocycles. The van der Waals surface area contributed by atoms with Crippen molar-refractivity contribution in [3.05, 3.63) is 34.6 Å². The van der Waals surface area contributed by atoms with Crippen LogP contribution in [0.5, 0.6) is 0 Å². The van der Waals surface area contributed by atoms with Crippen LogP contribution in [0.3, 0.4) is 0 Å². The average molecular weight is 284 g/mol. The fourth-order valence-electron chi connectivity index (χ4n) is 3.28. The zero-order chi connectivity index (χ0) is 13.6. The molecule has 5 heteroatoms. The Hall–Kier alpha value is -1.13. The topological polar surface area (TPSA) is 40.5 Å². The Morgan fingerprint density at radius 3 is 2.58 bits per heavy atom. The fourth-order valence-corrected chi connectivity index (χ4v) is 3.45. The van der Waals surface area contributed by atoms with Gasteiger partial charge in [0.15, 0.2) is 0 Å². The maximum Gasteiger partial charge on any atom is 0.257 e. The molecular formula is C14H15ClFNO2. The predicted octanol–water partition coefficient (Wildman–Crippen LogP) is 2.61. The van der Waals surface area contributed by atoms with E-state index in [-0.39, 0.29) is 29.7 Å². The largest absolute Gasteiger partial charge is 0.393 e. The Kier molecular flexibility index (Phi) is 3.23. The highest BCUT2D eigenvalue weighted by Crippen LogP contribution is 2.37. The van der Waals surface area contributed by atoms with Gasteiger partial charge in [-0.15, -0.1) is 0 Å². The molecule has 1 aromatic rings. The van der Waals surface area contributed by atoms with E-state index in [4.69, 9.17) is 11.6 Å². The normalized spacial score (nSPS) is 29.6. The van der Waals surface area contributed by atoms with Crippen LogP contribution < -0.4 is 0 Å². The van der Waals surface area contributed by atoms with Crippen LogP contribution in [0, 0.1) is 5.82 Å². The van der Waals surface area contributed by atoms with E-state index in [0.717, 1.165) is 12.8 Å². The van der Waals surface area contributed by atoms with Gasteiger partial charge in [-0.2, -0.15) is 0 Å². The minimum absolute atomic E-state index is 0.0274. The lowest BCUT2D eigenvalue weighted by atomic mass is 9.98. The third-order valence-electron chi connectivity index (χ3n) is 4.10. The van der Waals surface area contributed by atoms with Gasteiger partial charge in [0.25, 0.3) is 5.91 Å². The number of aliphatic hydroxyl groups excluding tert-OH is 1. The van der Waals surface area contributed by atoms with Crippen LogP contribution >= 0.6 is 11.6 Å². The molecule has 2 aliphatic rings. The van der Waals surface area contributed by atoms with Crippen molar-refractivity contribution in [2.45, 2.75) is 43.9 Å². The molecule has 2 atom stereocenters. The van der Waals surface area contributed by atoms with Gasteiger partial charge in [0.2, 0.25) is 0 Å². The van der Waals surface area contributed by atoms with Gasteiger partial charge in [0.1, 0.15) is 5.82 Å². The van der Waals surface area contributed by atoms with E-state index < -0.39 is 5.82 Å². The lowest BCUT2D eigenvalue weighted by Crippen LogP contribution is -2.48. The van der Waals surface area contributed by atoms with Gasteiger partial charge in [-0.1, -0.05) is 11.6 Å². The second-order valence-electron chi connectivity index (χ2n) is 5.35.